The Bertz CT molecular complexity index is 1100. The molecule has 0 bridgehead atoms. The van der Waals surface area contributed by atoms with Crippen molar-refractivity contribution >= 4 is 29.0 Å². The molecule has 3 N–H and O–H groups in total. The van der Waals surface area contributed by atoms with Gasteiger partial charge >= 0.3 is 0 Å². The Balaban J connectivity index is 1.68. The van der Waals surface area contributed by atoms with Crippen molar-refractivity contribution in [2.75, 3.05) is 23.3 Å². The monoisotopic (exact) mass is 393 g/mol. The first kappa shape index (κ1) is 18.9. The number of hydrogen-bond donors (Lipinski definition) is 2. The number of nitrogens with one attached hydrogen (secondary N) is 1. The molecule has 0 atom stereocenters. The molecule has 29 heavy (non-hydrogen) atoms. The van der Waals surface area contributed by atoms with Gasteiger partial charge in [0.25, 0.3) is 11.7 Å². The van der Waals surface area contributed by atoms with Crippen LogP contribution in [0.4, 0.5) is 11.4 Å². The summed E-state index contributed by atoms with van der Waals surface area (Å²) in [6.45, 7) is 5.53. The Labute approximate surface area is 167 Å². The predicted octanol–water partition coefficient (Wildman–Crippen LogP) is 2.08. The highest BCUT2D eigenvalue weighted by atomic mass is 16.2. The smallest absolute Gasteiger partial charge is 0.295 e. The van der Waals surface area contributed by atoms with E-state index in [4.69, 9.17) is 5.73 Å². The molecule has 0 saturated carbocycles. The van der Waals surface area contributed by atoms with Gasteiger partial charge in [0.15, 0.2) is 0 Å². The molecule has 2 amide bonds. The summed E-state index contributed by atoms with van der Waals surface area (Å²) in [6, 6.07) is 6.98. The molecular weight excluding hydrogens is 370 g/mol. The highest BCUT2D eigenvalue weighted by Crippen LogP contribution is 2.30. The highest BCUT2D eigenvalue weighted by Gasteiger charge is 2.20. The third kappa shape index (κ3) is 3.75. The number of nitrogens with zero attached hydrogens (tertiary/aromatic N) is 5. The molecule has 3 aromatic rings. The second-order valence-electron chi connectivity index (χ2n) is 7.28. The molecule has 0 unspecified atom stereocenters. The van der Waals surface area contributed by atoms with E-state index >= 15 is 0 Å². The average molecular weight is 393 g/mol. The predicted molar refractivity (Wildman–Crippen MR) is 109 cm³/mol. The maximum atomic E-state index is 12.9. The first-order valence-electron chi connectivity index (χ1n) is 9.63. The quantitative estimate of drug-likeness (QED) is 0.701. The lowest BCUT2D eigenvalue weighted by atomic mass is 10.1. The van der Waals surface area contributed by atoms with Crippen molar-refractivity contribution in [1.29, 1.82) is 0 Å². The van der Waals surface area contributed by atoms with E-state index < -0.39 is 11.8 Å². The van der Waals surface area contributed by atoms with Gasteiger partial charge in [0, 0.05) is 30.0 Å². The normalized spacial score (nSPS) is 14.2. The van der Waals surface area contributed by atoms with Crippen LogP contribution in [-0.4, -0.2) is 44.5 Å². The van der Waals surface area contributed by atoms with Crippen LogP contribution >= 0.6 is 0 Å². The fourth-order valence-corrected chi connectivity index (χ4v) is 3.64. The zero-order valence-corrected chi connectivity index (χ0v) is 16.5. The van der Waals surface area contributed by atoms with Crippen LogP contribution in [0.1, 0.15) is 51.6 Å². The Morgan fingerprint density at radius 3 is 2.55 bits per heavy atom. The van der Waals surface area contributed by atoms with E-state index in [1.54, 1.807) is 12.1 Å². The minimum absolute atomic E-state index is 0.0141. The van der Waals surface area contributed by atoms with Crippen LogP contribution in [0.3, 0.4) is 0 Å². The molecule has 1 aliphatic heterocycles. The van der Waals surface area contributed by atoms with Crippen LogP contribution in [0.15, 0.2) is 24.3 Å². The van der Waals surface area contributed by atoms with E-state index in [9.17, 15) is 9.59 Å². The number of nitrogens with two attached hydrogens (primary N) is 1. The van der Waals surface area contributed by atoms with Crippen molar-refractivity contribution in [2.24, 2.45) is 5.73 Å². The molecular formula is C20H23N7O2. The second kappa shape index (κ2) is 7.50. The molecule has 1 fully saturated rings. The van der Waals surface area contributed by atoms with Gasteiger partial charge in [0.05, 0.1) is 11.4 Å². The minimum atomic E-state index is -0.549. The van der Waals surface area contributed by atoms with E-state index in [2.05, 4.69) is 25.3 Å². The van der Waals surface area contributed by atoms with E-state index in [1.165, 1.54) is 10.9 Å². The molecule has 4 rings (SSSR count). The standard InChI is InChI=1S/C20H23N7O2/c1-12-10-13(2)27-20(22-12)24-18(25-27)19(29)23-15-11-14(17(21)28)6-7-16(15)26-8-4-3-5-9-26/h6-7,10-11H,3-5,8-9H2,1-2H3,(H2,21,28)(H,23,29). The third-order valence-corrected chi connectivity index (χ3v) is 5.05. The largest absolute Gasteiger partial charge is 0.370 e. The van der Waals surface area contributed by atoms with Crippen molar-refractivity contribution in [1.82, 2.24) is 19.6 Å². The van der Waals surface area contributed by atoms with E-state index in [-0.39, 0.29) is 5.82 Å². The number of fused-ring (bicyclic) bond motifs is 1. The Kier molecular flexibility index (Phi) is 4.87. The van der Waals surface area contributed by atoms with Crippen LogP contribution < -0.4 is 16.0 Å². The number of rotatable bonds is 4. The second-order valence-corrected chi connectivity index (χ2v) is 7.28. The summed E-state index contributed by atoms with van der Waals surface area (Å²) in [5, 5.41) is 7.13. The summed E-state index contributed by atoms with van der Waals surface area (Å²) in [4.78, 5) is 35.3. The number of piperidine rings is 1. The third-order valence-electron chi connectivity index (χ3n) is 5.05. The van der Waals surface area contributed by atoms with Crippen molar-refractivity contribution in [3.8, 4) is 0 Å². The average Bonchev–Trinajstić information content (AvgIpc) is 3.13. The van der Waals surface area contributed by atoms with E-state index in [0.29, 0.717) is 17.0 Å². The summed E-state index contributed by atoms with van der Waals surface area (Å²) in [5.74, 6) is -0.630. The highest BCUT2D eigenvalue weighted by molar-refractivity contribution is 6.05. The van der Waals surface area contributed by atoms with E-state index in [1.807, 2.05) is 26.0 Å². The lowest BCUT2D eigenvalue weighted by Crippen LogP contribution is -2.30. The van der Waals surface area contributed by atoms with Gasteiger partial charge in [-0.3, -0.25) is 9.59 Å². The van der Waals surface area contributed by atoms with Gasteiger partial charge in [-0.25, -0.2) is 9.50 Å². The lowest BCUT2D eigenvalue weighted by Gasteiger charge is -2.30. The maximum absolute atomic E-state index is 12.9. The van der Waals surface area contributed by atoms with Crippen LogP contribution in [0, 0.1) is 13.8 Å². The molecule has 1 aliphatic rings. The van der Waals surface area contributed by atoms with Gasteiger partial charge in [-0.05, 0) is 57.4 Å². The first-order chi connectivity index (χ1) is 13.9. The topological polar surface area (TPSA) is 119 Å². The summed E-state index contributed by atoms with van der Waals surface area (Å²) >= 11 is 0. The number of hydrogen-bond acceptors (Lipinski definition) is 6. The number of primary amides is 1. The van der Waals surface area contributed by atoms with Crippen molar-refractivity contribution in [2.45, 2.75) is 33.1 Å². The van der Waals surface area contributed by atoms with Crippen LogP contribution in [0.5, 0.6) is 0 Å². The Hall–Kier alpha value is -3.49. The molecule has 0 aliphatic carbocycles. The number of aryl methyl sites for hydroxylation is 2. The van der Waals surface area contributed by atoms with Gasteiger partial charge in [-0.1, -0.05) is 0 Å². The molecule has 0 radical (unpaired) electrons. The SMILES string of the molecule is Cc1cc(C)n2nc(C(=O)Nc3cc(C(N)=O)ccc3N3CCCCC3)nc2n1. The number of amides is 2. The summed E-state index contributed by atoms with van der Waals surface area (Å²) in [7, 11) is 0. The molecule has 2 aromatic heterocycles. The van der Waals surface area contributed by atoms with Gasteiger partial charge in [-0.15, -0.1) is 5.10 Å². The number of benzene rings is 1. The van der Waals surface area contributed by atoms with Gasteiger partial charge < -0.3 is 16.0 Å². The number of carbonyl (C=O) groups is 2. The van der Waals surface area contributed by atoms with Gasteiger partial charge in [-0.2, -0.15) is 4.98 Å². The molecule has 150 valence electrons. The number of aromatic nitrogens is 4. The number of anilines is 2. The molecule has 3 heterocycles. The minimum Gasteiger partial charge on any atom is -0.370 e. The molecule has 9 nitrogen and oxygen atoms in total. The van der Waals surface area contributed by atoms with E-state index in [0.717, 1.165) is 43.0 Å². The fourth-order valence-electron chi connectivity index (χ4n) is 3.64. The maximum Gasteiger partial charge on any atom is 0.295 e. The Morgan fingerprint density at radius 1 is 1.07 bits per heavy atom. The first-order valence-corrected chi connectivity index (χ1v) is 9.63. The summed E-state index contributed by atoms with van der Waals surface area (Å²) in [6.07, 6.45) is 3.36. The lowest BCUT2D eigenvalue weighted by molar-refractivity contribution is 0.0994. The Morgan fingerprint density at radius 2 is 1.83 bits per heavy atom. The molecule has 9 heteroatoms. The summed E-state index contributed by atoms with van der Waals surface area (Å²) < 4.78 is 1.54. The molecule has 0 spiro atoms. The number of carbonyl (C=O) groups excluding carboxylic acids is 2. The van der Waals surface area contributed by atoms with Crippen molar-refractivity contribution < 1.29 is 9.59 Å². The molecule has 1 aromatic carbocycles. The van der Waals surface area contributed by atoms with Crippen molar-refractivity contribution in [3.05, 3.63) is 47.0 Å². The van der Waals surface area contributed by atoms with Crippen LogP contribution in [-0.2, 0) is 0 Å². The summed E-state index contributed by atoms with van der Waals surface area (Å²) in [5.41, 5.74) is 8.78. The molecule has 1 saturated heterocycles. The zero-order valence-electron chi connectivity index (χ0n) is 16.5. The van der Waals surface area contributed by atoms with Crippen molar-refractivity contribution in [3.63, 3.8) is 0 Å². The van der Waals surface area contributed by atoms with Gasteiger partial charge in [0.1, 0.15) is 0 Å². The van der Waals surface area contributed by atoms with Crippen LogP contribution in [0.2, 0.25) is 0 Å². The van der Waals surface area contributed by atoms with Gasteiger partial charge in [0.2, 0.25) is 11.7 Å². The fraction of sp³-hybridized carbons (Fsp3) is 0.350. The van der Waals surface area contributed by atoms with Crippen LogP contribution in [0.25, 0.3) is 5.78 Å². The zero-order chi connectivity index (χ0) is 20.5.